The number of nitrogens with zero attached hydrogens (tertiary/aromatic N) is 2. The van der Waals surface area contributed by atoms with Crippen LogP contribution in [0.25, 0.3) is 5.82 Å². The highest BCUT2D eigenvalue weighted by Gasteiger charge is 2.15. The highest BCUT2D eigenvalue weighted by atomic mass is 16.1. The van der Waals surface area contributed by atoms with E-state index >= 15 is 0 Å². The van der Waals surface area contributed by atoms with E-state index in [-0.39, 0.29) is 11.0 Å². The van der Waals surface area contributed by atoms with Crippen LogP contribution in [0.5, 0.6) is 0 Å². The van der Waals surface area contributed by atoms with Gasteiger partial charge in [-0.1, -0.05) is 32.9 Å². The lowest BCUT2D eigenvalue weighted by molar-refractivity contribution is 0.567. The highest BCUT2D eigenvalue weighted by molar-refractivity contribution is 5.27. The lowest BCUT2D eigenvalue weighted by Crippen LogP contribution is -2.19. The van der Waals surface area contributed by atoms with Gasteiger partial charge in [-0.25, -0.2) is 4.98 Å². The molecule has 0 aliphatic carbocycles. The molecule has 0 saturated carbocycles. The van der Waals surface area contributed by atoms with Crippen LogP contribution in [0.2, 0.25) is 0 Å². The molecular formula is C14H16N2O. The fraction of sp³-hybridized carbons (Fsp3) is 0.286. The third kappa shape index (κ3) is 2.44. The van der Waals surface area contributed by atoms with Gasteiger partial charge in [0, 0.05) is 23.4 Å². The predicted octanol–water partition coefficient (Wildman–Crippen LogP) is 2.53. The first kappa shape index (κ1) is 11.6. The molecule has 3 nitrogen and oxygen atoms in total. The molecule has 88 valence electrons. The standard InChI is InChI=1S/C14H16N2O/c1-14(2,3)11-7-6-8-12(15-11)16-10-5-4-9-13(16)17/h4-10H,1-3H3. The lowest BCUT2D eigenvalue weighted by Gasteiger charge is -2.18. The molecule has 0 radical (unpaired) electrons. The Morgan fingerprint density at radius 2 is 1.82 bits per heavy atom. The van der Waals surface area contributed by atoms with Crippen molar-refractivity contribution in [2.45, 2.75) is 26.2 Å². The molecule has 0 bridgehead atoms. The summed E-state index contributed by atoms with van der Waals surface area (Å²) in [5.41, 5.74) is 0.894. The maximum Gasteiger partial charge on any atom is 0.256 e. The van der Waals surface area contributed by atoms with Crippen molar-refractivity contribution >= 4 is 0 Å². The molecule has 0 aliphatic heterocycles. The van der Waals surface area contributed by atoms with Crippen molar-refractivity contribution in [3.63, 3.8) is 0 Å². The van der Waals surface area contributed by atoms with Crippen molar-refractivity contribution in [2.24, 2.45) is 0 Å². The van der Waals surface area contributed by atoms with E-state index in [1.165, 1.54) is 6.07 Å². The van der Waals surface area contributed by atoms with E-state index in [0.29, 0.717) is 5.82 Å². The van der Waals surface area contributed by atoms with E-state index in [2.05, 4.69) is 25.8 Å². The van der Waals surface area contributed by atoms with Gasteiger partial charge in [0.2, 0.25) is 0 Å². The van der Waals surface area contributed by atoms with E-state index in [9.17, 15) is 4.79 Å². The van der Waals surface area contributed by atoms with Crippen molar-refractivity contribution in [3.8, 4) is 5.82 Å². The summed E-state index contributed by atoms with van der Waals surface area (Å²) in [5.74, 6) is 0.669. The Balaban J connectivity index is 2.55. The molecule has 2 aromatic rings. The van der Waals surface area contributed by atoms with Crippen molar-refractivity contribution in [1.29, 1.82) is 0 Å². The average Bonchev–Trinajstić information content (AvgIpc) is 2.29. The highest BCUT2D eigenvalue weighted by Crippen LogP contribution is 2.20. The number of hydrogen-bond donors (Lipinski definition) is 0. The van der Waals surface area contributed by atoms with Crippen molar-refractivity contribution in [2.75, 3.05) is 0 Å². The summed E-state index contributed by atoms with van der Waals surface area (Å²) in [6, 6.07) is 10.8. The monoisotopic (exact) mass is 228 g/mol. The average molecular weight is 228 g/mol. The Morgan fingerprint density at radius 1 is 1.06 bits per heavy atom. The normalized spacial score (nSPS) is 11.5. The largest absolute Gasteiger partial charge is 0.269 e. The van der Waals surface area contributed by atoms with Crippen molar-refractivity contribution in [3.05, 3.63) is 58.6 Å². The van der Waals surface area contributed by atoms with Crippen LogP contribution < -0.4 is 5.56 Å². The Morgan fingerprint density at radius 3 is 2.47 bits per heavy atom. The first-order chi connectivity index (χ1) is 7.98. The SMILES string of the molecule is CC(C)(C)c1cccc(-n2ccccc2=O)n1. The van der Waals surface area contributed by atoms with Gasteiger partial charge >= 0.3 is 0 Å². The Bertz CT molecular complexity index is 579. The summed E-state index contributed by atoms with van der Waals surface area (Å²) in [6.07, 6.45) is 1.73. The Kier molecular flexibility index (Phi) is 2.84. The third-order valence-electron chi connectivity index (χ3n) is 2.57. The van der Waals surface area contributed by atoms with E-state index in [1.54, 1.807) is 16.8 Å². The minimum absolute atomic E-state index is 0.0194. The summed E-state index contributed by atoms with van der Waals surface area (Å²) < 4.78 is 1.55. The van der Waals surface area contributed by atoms with Crippen LogP contribution in [0.3, 0.4) is 0 Å². The molecule has 0 spiro atoms. The number of aromatic nitrogens is 2. The minimum Gasteiger partial charge on any atom is -0.269 e. The summed E-state index contributed by atoms with van der Waals surface area (Å²) in [5, 5.41) is 0. The molecule has 0 atom stereocenters. The molecule has 0 saturated heterocycles. The summed E-state index contributed by atoms with van der Waals surface area (Å²) in [6.45, 7) is 6.31. The Labute approximate surface area is 101 Å². The molecule has 0 N–H and O–H groups in total. The smallest absolute Gasteiger partial charge is 0.256 e. The maximum atomic E-state index is 11.7. The zero-order valence-corrected chi connectivity index (χ0v) is 10.3. The molecule has 2 aromatic heterocycles. The van der Waals surface area contributed by atoms with Crippen LogP contribution in [0, 0.1) is 0 Å². The Hall–Kier alpha value is -1.90. The molecule has 17 heavy (non-hydrogen) atoms. The lowest BCUT2D eigenvalue weighted by atomic mass is 9.92. The van der Waals surface area contributed by atoms with E-state index < -0.39 is 0 Å². The van der Waals surface area contributed by atoms with E-state index in [4.69, 9.17) is 0 Å². The fourth-order valence-electron chi connectivity index (χ4n) is 1.59. The van der Waals surface area contributed by atoms with Crippen LogP contribution in [-0.4, -0.2) is 9.55 Å². The molecule has 2 heterocycles. The fourth-order valence-corrected chi connectivity index (χ4v) is 1.59. The summed E-state index contributed by atoms with van der Waals surface area (Å²) >= 11 is 0. The molecular weight excluding hydrogens is 212 g/mol. The molecule has 0 unspecified atom stereocenters. The second kappa shape index (κ2) is 4.17. The molecule has 0 fully saturated rings. The topological polar surface area (TPSA) is 34.9 Å². The predicted molar refractivity (Wildman–Crippen MR) is 68.5 cm³/mol. The van der Waals surface area contributed by atoms with Crippen LogP contribution in [0.4, 0.5) is 0 Å². The van der Waals surface area contributed by atoms with Crippen LogP contribution >= 0.6 is 0 Å². The van der Waals surface area contributed by atoms with Gasteiger partial charge in [0.15, 0.2) is 0 Å². The summed E-state index contributed by atoms with van der Waals surface area (Å²) in [4.78, 5) is 16.2. The number of hydrogen-bond acceptors (Lipinski definition) is 2. The van der Waals surface area contributed by atoms with Gasteiger partial charge in [-0.15, -0.1) is 0 Å². The number of rotatable bonds is 1. The molecule has 3 heteroatoms. The number of pyridine rings is 2. The van der Waals surface area contributed by atoms with Gasteiger partial charge in [0.05, 0.1) is 0 Å². The second-order valence-electron chi connectivity index (χ2n) is 5.04. The van der Waals surface area contributed by atoms with Gasteiger partial charge in [-0.3, -0.25) is 9.36 Å². The van der Waals surface area contributed by atoms with Gasteiger partial charge in [-0.05, 0) is 18.2 Å². The summed E-state index contributed by atoms with van der Waals surface area (Å²) in [7, 11) is 0. The maximum absolute atomic E-state index is 11.7. The zero-order chi connectivity index (χ0) is 12.5. The quantitative estimate of drug-likeness (QED) is 0.751. The minimum atomic E-state index is -0.0638. The van der Waals surface area contributed by atoms with Gasteiger partial charge in [0.1, 0.15) is 5.82 Å². The second-order valence-corrected chi connectivity index (χ2v) is 5.04. The van der Waals surface area contributed by atoms with Crippen LogP contribution in [0.15, 0.2) is 47.4 Å². The first-order valence-corrected chi connectivity index (χ1v) is 5.64. The van der Waals surface area contributed by atoms with E-state index in [0.717, 1.165) is 5.69 Å². The van der Waals surface area contributed by atoms with E-state index in [1.807, 2.05) is 24.3 Å². The zero-order valence-electron chi connectivity index (χ0n) is 10.3. The van der Waals surface area contributed by atoms with Gasteiger partial charge < -0.3 is 0 Å². The molecule has 2 rings (SSSR count). The first-order valence-electron chi connectivity index (χ1n) is 5.64. The van der Waals surface area contributed by atoms with Crippen LogP contribution in [-0.2, 0) is 5.41 Å². The van der Waals surface area contributed by atoms with Crippen LogP contribution in [0.1, 0.15) is 26.5 Å². The van der Waals surface area contributed by atoms with Crippen molar-refractivity contribution in [1.82, 2.24) is 9.55 Å². The molecule has 0 aliphatic rings. The van der Waals surface area contributed by atoms with Gasteiger partial charge in [0.25, 0.3) is 5.56 Å². The van der Waals surface area contributed by atoms with Gasteiger partial charge in [-0.2, -0.15) is 0 Å². The van der Waals surface area contributed by atoms with Crippen molar-refractivity contribution < 1.29 is 0 Å². The molecule has 0 aromatic carbocycles. The molecule has 0 amide bonds. The third-order valence-corrected chi connectivity index (χ3v) is 2.57.